The largest absolute Gasteiger partial charge is 0.478 e. The van der Waals surface area contributed by atoms with E-state index in [9.17, 15) is 13.2 Å². The Morgan fingerprint density at radius 3 is 2.78 bits per heavy atom. The van der Waals surface area contributed by atoms with Gasteiger partial charge in [-0.25, -0.2) is 13.2 Å². The summed E-state index contributed by atoms with van der Waals surface area (Å²) in [6, 6.07) is 6.54. The number of hydrogen-bond acceptors (Lipinski definition) is 3. The summed E-state index contributed by atoms with van der Waals surface area (Å²) >= 11 is 0. The zero-order valence-corrected chi connectivity index (χ0v) is 10.8. The van der Waals surface area contributed by atoms with E-state index >= 15 is 0 Å². The summed E-state index contributed by atoms with van der Waals surface area (Å²) < 4.78 is 25.5. The van der Waals surface area contributed by atoms with Gasteiger partial charge in [0.1, 0.15) is 0 Å². The summed E-state index contributed by atoms with van der Waals surface area (Å²) in [5, 5.41) is 8.50. The van der Waals surface area contributed by atoms with Crippen LogP contribution in [0.15, 0.2) is 30.3 Å². The molecule has 0 radical (unpaired) electrons. The van der Waals surface area contributed by atoms with Crippen LogP contribution >= 0.6 is 0 Å². The van der Waals surface area contributed by atoms with Crippen LogP contribution in [0.5, 0.6) is 0 Å². The number of aliphatic carboxylic acids is 1. The fourth-order valence-corrected chi connectivity index (χ4v) is 2.50. The topological polar surface area (TPSA) is 83.5 Å². The van der Waals surface area contributed by atoms with Gasteiger partial charge in [0.05, 0.1) is 5.75 Å². The molecular weight excluding hydrogens is 254 g/mol. The minimum Gasteiger partial charge on any atom is -0.478 e. The Labute approximate surface area is 106 Å². The zero-order valence-electron chi connectivity index (χ0n) is 9.96. The van der Waals surface area contributed by atoms with E-state index in [1.807, 2.05) is 0 Å². The quantitative estimate of drug-likeness (QED) is 0.773. The molecule has 18 heavy (non-hydrogen) atoms. The Morgan fingerprint density at radius 1 is 1.44 bits per heavy atom. The Hall–Kier alpha value is -1.82. The minimum atomic E-state index is -3.32. The Kier molecular flexibility index (Phi) is 4.91. The second-order valence-electron chi connectivity index (χ2n) is 3.72. The highest BCUT2D eigenvalue weighted by molar-refractivity contribution is 7.92. The molecule has 0 bridgehead atoms. The van der Waals surface area contributed by atoms with E-state index in [1.54, 1.807) is 31.2 Å². The molecule has 6 heteroatoms. The summed E-state index contributed by atoms with van der Waals surface area (Å²) in [5.41, 5.74) is 1.05. The molecule has 1 aromatic rings. The SMILES string of the molecule is CCCS(=O)(=O)Nc1cccc(/C=C/C(=O)O)c1. The van der Waals surface area contributed by atoms with E-state index in [0.29, 0.717) is 17.7 Å². The summed E-state index contributed by atoms with van der Waals surface area (Å²) in [4.78, 5) is 10.4. The summed E-state index contributed by atoms with van der Waals surface area (Å²) in [5.74, 6) is -0.991. The van der Waals surface area contributed by atoms with Gasteiger partial charge in [-0.2, -0.15) is 0 Å². The molecule has 5 nitrogen and oxygen atoms in total. The molecular formula is C12H15NO4S. The lowest BCUT2D eigenvalue weighted by Gasteiger charge is -2.07. The molecule has 2 N–H and O–H groups in total. The van der Waals surface area contributed by atoms with Gasteiger partial charge in [0.15, 0.2) is 0 Å². The lowest BCUT2D eigenvalue weighted by molar-refractivity contribution is -0.131. The molecule has 0 aliphatic heterocycles. The van der Waals surface area contributed by atoms with Crippen LogP contribution in [-0.2, 0) is 14.8 Å². The number of sulfonamides is 1. The van der Waals surface area contributed by atoms with E-state index in [0.717, 1.165) is 6.08 Å². The molecule has 0 saturated heterocycles. The van der Waals surface area contributed by atoms with Crippen LogP contribution in [0.3, 0.4) is 0 Å². The lowest BCUT2D eigenvalue weighted by Crippen LogP contribution is -2.16. The van der Waals surface area contributed by atoms with Crippen LogP contribution < -0.4 is 4.72 Å². The maximum Gasteiger partial charge on any atom is 0.328 e. The molecule has 0 atom stereocenters. The molecule has 0 aliphatic rings. The Bertz CT molecular complexity index is 549. The van der Waals surface area contributed by atoms with Crippen LogP contribution in [0.1, 0.15) is 18.9 Å². The summed E-state index contributed by atoms with van der Waals surface area (Å²) in [6.45, 7) is 1.78. The summed E-state index contributed by atoms with van der Waals surface area (Å²) in [6.07, 6.45) is 2.94. The van der Waals surface area contributed by atoms with Crippen molar-refractivity contribution < 1.29 is 18.3 Å². The fourth-order valence-electron chi connectivity index (χ4n) is 1.37. The van der Waals surface area contributed by atoms with Crippen molar-refractivity contribution in [3.63, 3.8) is 0 Å². The number of carbonyl (C=O) groups is 1. The smallest absolute Gasteiger partial charge is 0.328 e. The Morgan fingerprint density at radius 2 is 2.17 bits per heavy atom. The van der Waals surface area contributed by atoms with E-state index in [4.69, 9.17) is 5.11 Å². The van der Waals surface area contributed by atoms with Crippen LogP contribution in [0, 0.1) is 0 Å². The maximum atomic E-state index is 11.6. The predicted molar refractivity (Wildman–Crippen MR) is 70.8 cm³/mol. The van der Waals surface area contributed by atoms with Crippen molar-refractivity contribution in [3.05, 3.63) is 35.9 Å². The Balaban J connectivity index is 2.86. The molecule has 0 aromatic heterocycles. The zero-order chi connectivity index (χ0) is 13.6. The van der Waals surface area contributed by atoms with Crippen molar-refractivity contribution in [2.24, 2.45) is 0 Å². The van der Waals surface area contributed by atoms with Gasteiger partial charge in [0.25, 0.3) is 0 Å². The predicted octanol–water partition coefficient (Wildman–Crippen LogP) is 1.94. The van der Waals surface area contributed by atoms with E-state index < -0.39 is 16.0 Å². The van der Waals surface area contributed by atoms with E-state index in [2.05, 4.69) is 4.72 Å². The molecule has 0 amide bonds. The minimum absolute atomic E-state index is 0.0577. The van der Waals surface area contributed by atoms with Gasteiger partial charge in [-0.1, -0.05) is 19.1 Å². The highest BCUT2D eigenvalue weighted by Crippen LogP contribution is 2.14. The molecule has 0 heterocycles. The highest BCUT2D eigenvalue weighted by Gasteiger charge is 2.08. The number of rotatable bonds is 6. The average Bonchev–Trinajstić information content (AvgIpc) is 2.26. The van der Waals surface area contributed by atoms with Crippen LogP contribution in [0.4, 0.5) is 5.69 Å². The fraction of sp³-hybridized carbons (Fsp3) is 0.250. The van der Waals surface area contributed by atoms with Crippen LogP contribution in [0.2, 0.25) is 0 Å². The monoisotopic (exact) mass is 269 g/mol. The maximum absolute atomic E-state index is 11.6. The normalized spacial score (nSPS) is 11.6. The van der Waals surface area contributed by atoms with Gasteiger partial charge in [0, 0.05) is 11.8 Å². The summed E-state index contributed by atoms with van der Waals surface area (Å²) in [7, 11) is -3.32. The standard InChI is InChI=1S/C12H15NO4S/c1-2-8-18(16,17)13-11-5-3-4-10(9-11)6-7-12(14)15/h3-7,9,13H,2,8H2,1H3,(H,14,15)/b7-6+. The van der Waals surface area contributed by atoms with Crippen LogP contribution in [-0.4, -0.2) is 25.2 Å². The van der Waals surface area contributed by atoms with Crippen molar-refractivity contribution in [3.8, 4) is 0 Å². The van der Waals surface area contributed by atoms with E-state index in [-0.39, 0.29) is 5.75 Å². The van der Waals surface area contributed by atoms with Crippen molar-refractivity contribution in [1.29, 1.82) is 0 Å². The first kappa shape index (κ1) is 14.2. The third kappa shape index (κ3) is 5.01. The number of carboxylic acid groups (broad SMARTS) is 1. The first-order valence-electron chi connectivity index (χ1n) is 5.44. The molecule has 0 saturated carbocycles. The lowest BCUT2D eigenvalue weighted by atomic mass is 10.2. The second kappa shape index (κ2) is 6.20. The third-order valence-electron chi connectivity index (χ3n) is 2.05. The first-order valence-corrected chi connectivity index (χ1v) is 7.10. The molecule has 0 aliphatic carbocycles. The van der Waals surface area contributed by atoms with Gasteiger partial charge in [-0.05, 0) is 30.2 Å². The van der Waals surface area contributed by atoms with Gasteiger partial charge in [-0.15, -0.1) is 0 Å². The van der Waals surface area contributed by atoms with Crippen molar-refractivity contribution in [2.75, 3.05) is 10.5 Å². The number of anilines is 1. The molecule has 0 unspecified atom stereocenters. The number of benzene rings is 1. The molecule has 98 valence electrons. The van der Waals surface area contributed by atoms with Gasteiger partial charge >= 0.3 is 5.97 Å². The number of hydrogen-bond donors (Lipinski definition) is 2. The van der Waals surface area contributed by atoms with Gasteiger partial charge in [-0.3, -0.25) is 4.72 Å². The third-order valence-corrected chi connectivity index (χ3v) is 3.54. The molecule has 0 fully saturated rings. The highest BCUT2D eigenvalue weighted by atomic mass is 32.2. The van der Waals surface area contributed by atoms with Gasteiger partial charge in [0.2, 0.25) is 10.0 Å². The van der Waals surface area contributed by atoms with Crippen molar-refractivity contribution in [1.82, 2.24) is 0 Å². The molecule has 1 aromatic carbocycles. The average molecular weight is 269 g/mol. The van der Waals surface area contributed by atoms with Crippen molar-refractivity contribution >= 4 is 27.8 Å². The van der Waals surface area contributed by atoms with Crippen molar-refractivity contribution in [2.45, 2.75) is 13.3 Å². The van der Waals surface area contributed by atoms with Gasteiger partial charge < -0.3 is 5.11 Å². The first-order chi connectivity index (χ1) is 8.43. The van der Waals surface area contributed by atoms with Crippen LogP contribution in [0.25, 0.3) is 6.08 Å². The second-order valence-corrected chi connectivity index (χ2v) is 5.56. The number of nitrogens with one attached hydrogen (secondary N) is 1. The molecule has 1 rings (SSSR count). The number of carboxylic acids is 1. The molecule has 0 spiro atoms. The van der Waals surface area contributed by atoms with E-state index in [1.165, 1.54) is 6.08 Å².